The molecule has 8 nitrogen and oxygen atoms in total. The molecule has 0 aliphatic carbocycles. The maximum Gasteiger partial charge on any atom is 0.243 e. The Balaban J connectivity index is 1.68. The summed E-state index contributed by atoms with van der Waals surface area (Å²) in [6.45, 7) is 1.44. The third kappa shape index (κ3) is 3.92. The van der Waals surface area contributed by atoms with Gasteiger partial charge >= 0.3 is 0 Å². The molecule has 3 N–H and O–H groups in total. The second kappa shape index (κ2) is 8.21. The fraction of sp³-hybridized carbons (Fsp3) is 0.579. The van der Waals surface area contributed by atoms with E-state index in [1.165, 1.54) is 12.1 Å². The van der Waals surface area contributed by atoms with E-state index in [1.807, 2.05) is 4.90 Å². The maximum absolute atomic E-state index is 13.9. The summed E-state index contributed by atoms with van der Waals surface area (Å²) < 4.78 is 34.7. The Bertz CT molecular complexity index is 892. The highest BCUT2D eigenvalue weighted by Crippen LogP contribution is 2.27. The number of carbonyl (C=O) groups excluding carboxylic acids is 1. The number of aliphatic hydroxyl groups excluding tert-OH is 1. The first-order valence-corrected chi connectivity index (χ1v) is 9.76. The summed E-state index contributed by atoms with van der Waals surface area (Å²) in [7, 11) is 0. The molecule has 0 bridgehead atoms. The lowest BCUT2D eigenvalue weighted by molar-refractivity contribution is -0.142. The lowest BCUT2D eigenvalue weighted by Crippen LogP contribution is -2.52. The van der Waals surface area contributed by atoms with Gasteiger partial charge in [-0.1, -0.05) is 0 Å². The summed E-state index contributed by atoms with van der Waals surface area (Å²) >= 11 is 0. The number of rotatable bonds is 4. The van der Waals surface area contributed by atoms with Gasteiger partial charge in [-0.05, 0) is 24.6 Å². The van der Waals surface area contributed by atoms with Crippen molar-refractivity contribution in [2.45, 2.75) is 31.2 Å². The van der Waals surface area contributed by atoms with E-state index in [-0.39, 0.29) is 38.6 Å². The second-order valence-corrected chi connectivity index (χ2v) is 7.54. The Kier molecular flexibility index (Phi) is 5.66. The Morgan fingerprint density at radius 3 is 2.97 bits per heavy atom. The monoisotopic (exact) mass is 409 g/mol. The Labute approximate surface area is 166 Å². The van der Waals surface area contributed by atoms with Gasteiger partial charge in [0, 0.05) is 19.6 Å². The fourth-order valence-electron chi connectivity index (χ4n) is 3.98. The predicted octanol–water partition coefficient (Wildman–Crippen LogP) is 0.271. The van der Waals surface area contributed by atoms with E-state index in [9.17, 15) is 18.7 Å². The van der Waals surface area contributed by atoms with E-state index >= 15 is 0 Å². The van der Waals surface area contributed by atoms with Crippen LogP contribution < -0.4 is 10.6 Å². The lowest BCUT2D eigenvalue weighted by atomic mass is 10.1. The van der Waals surface area contributed by atoms with E-state index in [1.54, 1.807) is 15.5 Å². The summed E-state index contributed by atoms with van der Waals surface area (Å²) in [4.78, 5) is 21.0. The smallest absolute Gasteiger partial charge is 0.243 e. The number of hydrogen-bond donors (Lipinski definition) is 2. The number of imidazole rings is 1. The highest BCUT2D eigenvalue weighted by atomic mass is 19.1. The Morgan fingerprint density at radius 1 is 1.38 bits per heavy atom. The molecule has 158 valence electrons. The Morgan fingerprint density at radius 2 is 2.21 bits per heavy atom. The van der Waals surface area contributed by atoms with Gasteiger partial charge in [-0.2, -0.15) is 0 Å². The molecule has 0 spiro atoms. The minimum atomic E-state index is -1.08. The van der Waals surface area contributed by atoms with Gasteiger partial charge in [0.2, 0.25) is 11.9 Å². The number of fused-ring (bicyclic) bond motifs is 1. The third-order valence-corrected chi connectivity index (χ3v) is 5.60. The number of anilines is 1. The molecule has 2 saturated heterocycles. The molecule has 0 saturated carbocycles. The zero-order chi connectivity index (χ0) is 20.5. The van der Waals surface area contributed by atoms with Gasteiger partial charge in [-0.3, -0.25) is 4.79 Å². The number of piperidine rings is 1. The number of aliphatic hydroxyl groups is 1. The van der Waals surface area contributed by atoms with E-state index in [2.05, 4.69) is 4.98 Å². The number of alkyl halides is 1. The quantitative estimate of drug-likeness (QED) is 0.753. The summed E-state index contributed by atoms with van der Waals surface area (Å²) in [5, 5.41) is 9.56. The first-order valence-electron chi connectivity index (χ1n) is 9.76. The maximum atomic E-state index is 13.9. The van der Waals surface area contributed by atoms with E-state index in [0.29, 0.717) is 36.7 Å². The molecule has 4 rings (SSSR count). The number of nitrogens with two attached hydrogens (primary N) is 1. The van der Waals surface area contributed by atoms with Crippen molar-refractivity contribution in [2.24, 2.45) is 5.73 Å². The zero-order valence-corrected chi connectivity index (χ0v) is 16.0. The lowest BCUT2D eigenvalue weighted by Gasteiger charge is -2.36. The SMILES string of the molecule is N[C@@H]1CN(c2nc3ccc(F)cc3n2CC(=O)N2CCOC[C@H]2CO)CC[C@H]1F. The van der Waals surface area contributed by atoms with Gasteiger partial charge in [0.15, 0.2) is 0 Å². The van der Waals surface area contributed by atoms with Gasteiger partial charge in [0.1, 0.15) is 18.5 Å². The summed E-state index contributed by atoms with van der Waals surface area (Å²) in [5.74, 6) is -0.187. The largest absolute Gasteiger partial charge is 0.394 e. The number of ether oxygens (including phenoxy) is 1. The van der Waals surface area contributed by atoms with Crippen LogP contribution in [-0.4, -0.2) is 83.2 Å². The first kappa shape index (κ1) is 20.0. The molecule has 1 aromatic carbocycles. The molecular weight excluding hydrogens is 384 g/mol. The molecule has 2 fully saturated rings. The van der Waals surface area contributed by atoms with Crippen LogP contribution in [0.25, 0.3) is 11.0 Å². The molecule has 2 aliphatic rings. The molecule has 1 amide bonds. The van der Waals surface area contributed by atoms with Gasteiger partial charge < -0.3 is 29.9 Å². The number of carbonyl (C=O) groups is 1. The highest BCUT2D eigenvalue weighted by Gasteiger charge is 2.31. The first-order chi connectivity index (χ1) is 14.0. The average Bonchev–Trinajstić information content (AvgIpc) is 3.07. The van der Waals surface area contributed by atoms with Crippen LogP contribution in [-0.2, 0) is 16.1 Å². The van der Waals surface area contributed by atoms with Gasteiger partial charge in [-0.25, -0.2) is 13.8 Å². The summed E-state index contributed by atoms with van der Waals surface area (Å²) in [5.41, 5.74) is 6.93. The van der Waals surface area contributed by atoms with Crippen molar-refractivity contribution in [1.82, 2.24) is 14.5 Å². The number of nitrogens with zero attached hydrogens (tertiary/aromatic N) is 4. The normalized spacial score (nSPS) is 25.6. The molecule has 2 aromatic rings. The van der Waals surface area contributed by atoms with Crippen molar-refractivity contribution in [1.29, 1.82) is 0 Å². The van der Waals surface area contributed by atoms with E-state index in [4.69, 9.17) is 10.5 Å². The Hall–Kier alpha value is -2.30. The van der Waals surface area contributed by atoms with Crippen molar-refractivity contribution in [3.05, 3.63) is 24.0 Å². The number of morpholine rings is 1. The molecular formula is C19H25F2N5O3. The number of hydrogen-bond acceptors (Lipinski definition) is 6. The van der Waals surface area contributed by atoms with Gasteiger partial charge in [0.25, 0.3) is 0 Å². The molecule has 3 atom stereocenters. The molecule has 3 heterocycles. The van der Waals surface area contributed by atoms with Crippen LogP contribution >= 0.6 is 0 Å². The van der Waals surface area contributed by atoms with Crippen LogP contribution in [0.3, 0.4) is 0 Å². The van der Waals surface area contributed by atoms with Crippen molar-refractivity contribution in [3.8, 4) is 0 Å². The summed E-state index contributed by atoms with van der Waals surface area (Å²) in [6, 6.07) is 3.14. The molecule has 0 unspecified atom stereocenters. The van der Waals surface area contributed by atoms with Crippen LogP contribution in [0.4, 0.5) is 14.7 Å². The van der Waals surface area contributed by atoms with Crippen LogP contribution in [0, 0.1) is 5.82 Å². The predicted molar refractivity (Wildman–Crippen MR) is 103 cm³/mol. The van der Waals surface area contributed by atoms with Crippen LogP contribution in [0.1, 0.15) is 6.42 Å². The van der Waals surface area contributed by atoms with Crippen molar-refractivity contribution in [2.75, 3.05) is 44.4 Å². The molecule has 29 heavy (non-hydrogen) atoms. The fourth-order valence-corrected chi connectivity index (χ4v) is 3.98. The minimum absolute atomic E-state index is 0.0728. The topological polar surface area (TPSA) is 96.9 Å². The van der Waals surface area contributed by atoms with Crippen molar-refractivity contribution >= 4 is 22.9 Å². The van der Waals surface area contributed by atoms with Crippen LogP contribution in [0.2, 0.25) is 0 Å². The summed E-state index contributed by atoms with van der Waals surface area (Å²) in [6.07, 6.45) is -0.815. The van der Waals surface area contributed by atoms with Gasteiger partial charge in [-0.15, -0.1) is 0 Å². The van der Waals surface area contributed by atoms with Crippen molar-refractivity contribution < 1.29 is 23.4 Å². The number of halogens is 2. The molecule has 2 aliphatic heterocycles. The standard InChI is InChI=1S/C19H25F2N5O3/c20-12-1-2-16-17(7-12)26(9-18(28)25-5-6-29-11-13(25)10-27)19(23-16)24-4-3-14(21)15(22)8-24/h1-2,7,13-15,27H,3-6,8-11,22H2/t13-,14-,15-/m1/s1. The van der Waals surface area contributed by atoms with Crippen molar-refractivity contribution in [3.63, 3.8) is 0 Å². The zero-order valence-electron chi connectivity index (χ0n) is 16.0. The van der Waals surface area contributed by atoms with E-state index < -0.39 is 24.1 Å². The minimum Gasteiger partial charge on any atom is -0.394 e. The molecule has 10 heteroatoms. The number of aromatic nitrogens is 2. The molecule has 0 radical (unpaired) electrons. The number of benzene rings is 1. The third-order valence-electron chi connectivity index (χ3n) is 5.60. The van der Waals surface area contributed by atoms with E-state index in [0.717, 1.165) is 0 Å². The average molecular weight is 409 g/mol. The van der Waals surface area contributed by atoms with Gasteiger partial charge in [0.05, 0.1) is 42.9 Å². The number of amides is 1. The van der Waals surface area contributed by atoms with Crippen LogP contribution in [0.15, 0.2) is 18.2 Å². The second-order valence-electron chi connectivity index (χ2n) is 7.54. The highest BCUT2D eigenvalue weighted by molar-refractivity contribution is 5.83. The molecule has 1 aromatic heterocycles. The van der Waals surface area contributed by atoms with Crippen LogP contribution in [0.5, 0.6) is 0 Å².